The predicted molar refractivity (Wildman–Crippen MR) is 125 cm³/mol. The van der Waals surface area contributed by atoms with Gasteiger partial charge in [0.05, 0.1) is 23.5 Å². The average Bonchev–Trinajstić information content (AvgIpc) is 3.45. The molecule has 1 saturated heterocycles. The Balaban J connectivity index is 1.49. The Morgan fingerprint density at radius 2 is 2.03 bits per heavy atom. The van der Waals surface area contributed by atoms with E-state index in [1.54, 1.807) is 18.7 Å². The SMILES string of the molecule is Cc1cc(C(=O)N[C@@H](CC(=O)N2CCCCC2C)C(=O)NC(C)c2nc3ccccc3[nH]2)no1. The molecule has 3 heterocycles. The number of para-hydroxylation sites is 2. The molecule has 0 saturated carbocycles. The van der Waals surface area contributed by atoms with E-state index in [9.17, 15) is 14.4 Å². The van der Waals surface area contributed by atoms with Crippen molar-refractivity contribution in [3.05, 3.63) is 47.6 Å². The lowest BCUT2D eigenvalue weighted by molar-refractivity contribution is -0.137. The number of imidazole rings is 1. The highest BCUT2D eigenvalue weighted by Crippen LogP contribution is 2.19. The minimum Gasteiger partial charge on any atom is -0.361 e. The predicted octanol–water partition coefficient (Wildman–Crippen LogP) is 2.63. The van der Waals surface area contributed by atoms with Gasteiger partial charge in [-0.25, -0.2) is 4.98 Å². The van der Waals surface area contributed by atoms with Crippen molar-refractivity contribution in [3.8, 4) is 0 Å². The van der Waals surface area contributed by atoms with Crippen molar-refractivity contribution in [2.24, 2.45) is 0 Å². The van der Waals surface area contributed by atoms with Crippen LogP contribution in [0.4, 0.5) is 0 Å². The normalized spacial score (nSPS) is 17.9. The number of aromatic nitrogens is 3. The maximum Gasteiger partial charge on any atom is 0.274 e. The van der Waals surface area contributed by atoms with E-state index in [4.69, 9.17) is 4.52 Å². The van der Waals surface area contributed by atoms with Crippen LogP contribution in [0.25, 0.3) is 11.0 Å². The van der Waals surface area contributed by atoms with Gasteiger partial charge in [-0.1, -0.05) is 17.3 Å². The molecule has 0 bridgehead atoms. The van der Waals surface area contributed by atoms with E-state index >= 15 is 0 Å². The third kappa shape index (κ3) is 5.27. The zero-order valence-corrected chi connectivity index (χ0v) is 19.6. The van der Waals surface area contributed by atoms with Gasteiger partial charge in [0.25, 0.3) is 5.91 Å². The van der Waals surface area contributed by atoms with Crippen molar-refractivity contribution < 1.29 is 18.9 Å². The molecule has 180 valence electrons. The first-order valence-corrected chi connectivity index (χ1v) is 11.6. The first kappa shape index (κ1) is 23.5. The summed E-state index contributed by atoms with van der Waals surface area (Å²) in [4.78, 5) is 48.5. The first-order chi connectivity index (χ1) is 16.3. The number of carbonyl (C=O) groups is 3. The highest BCUT2D eigenvalue weighted by atomic mass is 16.5. The lowest BCUT2D eigenvalue weighted by atomic mass is 10.0. The van der Waals surface area contributed by atoms with Crippen LogP contribution >= 0.6 is 0 Å². The summed E-state index contributed by atoms with van der Waals surface area (Å²) in [7, 11) is 0. The number of carbonyl (C=O) groups excluding carboxylic acids is 3. The number of H-pyrrole nitrogens is 1. The van der Waals surface area contributed by atoms with Crippen molar-refractivity contribution in [2.45, 2.75) is 64.6 Å². The summed E-state index contributed by atoms with van der Waals surface area (Å²) in [5, 5.41) is 9.25. The van der Waals surface area contributed by atoms with Crippen molar-refractivity contribution in [1.82, 2.24) is 30.7 Å². The van der Waals surface area contributed by atoms with Crippen LogP contribution in [0.2, 0.25) is 0 Å². The second kappa shape index (κ2) is 10.1. The molecule has 3 amide bonds. The second-order valence-electron chi connectivity index (χ2n) is 8.85. The van der Waals surface area contributed by atoms with Crippen molar-refractivity contribution in [3.63, 3.8) is 0 Å². The van der Waals surface area contributed by atoms with Crippen LogP contribution in [-0.4, -0.2) is 56.4 Å². The number of aryl methyl sites for hydroxylation is 1. The molecule has 0 spiro atoms. The van der Waals surface area contributed by atoms with Gasteiger partial charge in [0.2, 0.25) is 11.8 Å². The lowest BCUT2D eigenvalue weighted by Crippen LogP contribution is -2.51. The minimum atomic E-state index is -1.07. The molecule has 2 aromatic heterocycles. The van der Waals surface area contributed by atoms with Crippen molar-refractivity contribution in [2.75, 3.05) is 6.54 Å². The van der Waals surface area contributed by atoms with Gasteiger partial charge in [0.15, 0.2) is 5.69 Å². The number of aromatic amines is 1. The third-order valence-electron chi connectivity index (χ3n) is 6.16. The number of benzene rings is 1. The maximum absolute atomic E-state index is 13.2. The molecule has 10 nitrogen and oxygen atoms in total. The van der Waals surface area contributed by atoms with E-state index in [-0.39, 0.29) is 24.1 Å². The monoisotopic (exact) mass is 466 g/mol. The molecule has 1 aliphatic heterocycles. The molecule has 0 aliphatic carbocycles. The summed E-state index contributed by atoms with van der Waals surface area (Å²) in [6, 6.07) is 7.63. The topological polar surface area (TPSA) is 133 Å². The molecule has 1 aromatic carbocycles. The summed E-state index contributed by atoms with van der Waals surface area (Å²) in [5.41, 5.74) is 1.71. The molecule has 3 atom stereocenters. The molecule has 1 fully saturated rings. The number of nitrogens with zero attached hydrogens (tertiary/aromatic N) is 3. The van der Waals surface area contributed by atoms with Gasteiger partial charge in [0.1, 0.15) is 17.6 Å². The van der Waals surface area contributed by atoms with Crippen molar-refractivity contribution in [1.29, 1.82) is 0 Å². The molecular weight excluding hydrogens is 436 g/mol. The third-order valence-corrected chi connectivity index (χ3v) is 6.16. The molecule has 1 aliphatic rings. The Morgan fingerprint density at radius 1 is 1.24 bits per heavy atom. The Bertz CT molecular complexity index is 1150. The summed E-state index contributed by atoms with van der Waals surface area (Å²) in [5.74, 6) is -0.154. The highest BCUT2D eigenvalue weighted by Gasteiger charge is 2.31. The number of hydrogen-bond acceptors (Lipinski definition) is 6. The van der Waals surface area contributed by atoms with Gasteiger partial charge in [-0.2, -0.15) is 0 Å². The summed E-state index contributed by atoms with van der Waals surface area (Å²) in [6.07, 6.45) is 2.79. The Labute approximate surface area is 197 Å². The minimum absolute atomic E-state index is 0.0550. The quantitative estimate of drug-likeness (QED) is 0.490. The number of piperidine rings is 1. The fourth-order valence-electron chi connectivity index (χ4n) is 4.24. The number of fused-ring (bicyclic) bond motifs is 1. The van der Waals surface area contributed by atoms with Crippen molar-refractivity contribution >= 4 is 28.8 Å². The fourth-order valence-corrected chi connectivity index (χ4v) is 4.24. The largest absolute Gasteiger partial charge is 0.361 e. The van der Waals surface area contributed by atoms with Gasteiger partial charge in [-0.15, -0.1) is 0 Å². The van der Waals surface area contributed by atoms with Crippen LogP contribution in [0.1, 0.15) is 67.6 Å². The summed E-state index contributed by atoms with van der Waals surface area (Å²) >= 11 is 0. The van der Waals surface area contributed by atoms with Crippen LogP contribution in [0.5, 0.6) is 0 Å². The zero-order valence-electron chi connectivity index (χ0n) is 19.6. The number of hydrogen-bond donors (Lipinski definition) is 3. The summed E-state index contributed by atoms with van der Waals surface area (Å²) < 4.78 is 4.97. The molecular formula is C24H30N6O4. The lowest BCUT2D eigenvalue weighted by Gasteiger charge is -2.34. The molecule has 4 rings (SSSR count). The smallest absolute Gasteiger partial charge is 0.274 e. The van der Waals surface area contributed by atoms with Gasteiger partial charge >= 0.3 is 0 Å². The Kier molecular flexibility index (Phi) is 6.95. The van der Waals surface area contributed by atoms with Crippen LogP contribution < -0.4 is 10.6 Å². The number of likely N-dealkylation sites (tertiary alicyclic amines) is 1. The molecule has 3 aromatic rings. The van der Waals surface area contributed by atoms with E-state index in [0.717, 1.165) is 30.3 Å². The molecule has 3 N–H and O–H groups in total. The van der Waals surface area contributed by atoms with E-state index in [0.29, 0.717) is 18.1 Å². The fraction of sp³-hybridized carbons (Fsp3) is 0.458. The van der Waals surface area contributed by atoms with E-state index in [2.05, 4.69) is 25.8 Å². The van der Waals surface area contributed by atoms with Crippen LogP contribution in [0.3, 0.4) is 0 Å². The molecule has 0 radical (unpaired) electrons. The standard InChI is InChI=1S/C24H30N6O4/c1-14-8-6-7-11-30(14)21(31)13-19(28-24(33)20-12-15(2)34-29-20)23(32)25-16(3)22-26-17-9-4-5-10-18(17)27-22/h4-5,9-10,12,14,16,19H,6-8,11,13H2,1-3H3,(H,25,32)(H,26,27)(H,28,33)/t14?,16?,19-/m0/s1. The Morgan fingerprint density at radius 3 is 2.74 bits per heavy atom. The summed E-state index contributed by atoms with van der Waals surface area (Å²) in [6.45, 7) is 6.13. The van der Waals surface area contributed by atoms with E-state index < -0.39 is 23.9 Å². The van der Waals surface area contributed by atoms with E-state index in [1.165, 1.54) is 6.07 Å². The Hall–Kier alpha value is -3.69. The van der Waals surface area contributed by atoms with E-state index in [1.807, 2.05) is 31.2 Å². The zero-order chi connectivity index (χ0) is 24.2. The first-order valence-electron chi connectivity index (χ1n) is 11.6. The number of nitrogens with one attached hydrogen (secondary N) is 3. The van der Waals surface area contributed by atoms with Crippen LogP contribution in [-0.2, 0) is 9.59 Å². The number of rotatable bonds is 7. The molecule has 10 heteroatoms. The van der Waals surface area contributed by atoms with Crippen LogP contribution in [0, 0.1) is 6.92 Å². The maximum atomic E-state index is 13.2. The second-order valence-corrected chi connectivity index (χ2v) is 8.85. The van der Waals surface area contributed by atoms with Crippen LogP contribution in [0.15, 0.2) is 34.9 Å². The molecule has 2 unspecified atom stereocenters. The van der Waals surface area contributed by atoms with Gasteiger partial charge < -0.3 is 25.0 Å². The average molecular weight is 467 g/mol. The van der Waals surface area contributed by atoms with Gasteiger partial charge in [-0.05, 0) is 52.2 Å². The van der Waals surface area contributed by atoms with Gasteiger partial charge in [-0.3, -0.25) is 14.4 Å². The van der Waals surface area contributed by atoms with Gasteiger partial charge in [0, 0.05) is 18.7 Å². The number of amides is 3. The highest BCUT2D eigenvalue weighted by molar-refractivity contribution is 5.97. The molecule has 34 heavy (non-hydrogen) atoms.